The van der Waals surface area contributed by atoms with Crippen LogP contribution in [-0.2, 0) is 5.41 Å². The molecular weight excluding hydrogens is 326 g/mol. The normalized spacial score (nSPS) is 12.1. The summed E-state index contributed by atoms with van der Waals surface area (Å²) in [4.78, 5) is 23.1. The van der Waals surface area contributed by atoms with Crippen molar-refractivity contribution in [2.24, 2.45) is 5.10 Å². The van der Waals surface area contributed by atoms with Crippen molar-refractivity contribution in [3.05, 3.63) is 62.3 Å². The van der Waals surface area contributed by atoms with Crippen LogP contribution in [0.15, 0.2) is 40.5 Å². The molecule has 0 unspecified atom stereocenters. The quantitative estimate of drug-likeness (QED) is 0.403. The summed E-state index contributed by atoms with van der Waals surface area (Å²) in [6.45, 7) is 5.59. The van der Waals surface area contributed by atoms with E-state index < -0.39 is 15.9 Å². The SMILES string of the molecule is CC(C)(C)c1nn2cnnc2n(/N=C\c2cccc([N+](=O)[O-])c2)c1=O. The summed E-state index contributed by atoms with van der Waals surface area (Å²) in [5.74, 6) is 0.152. The molecule has 0 aliphatic heterocycles. The summed E-state index contributed by atoms with van der Waals surface area (Å²) in [7, 11) is 0. The van der Waals surface area contributed by atoms with Crippen LogP contribution < -0.4 is 5.56 Å². The predicted octanol–water partition coefficient (Wildman–Crippen LogP) is 1.37. The van der Waals surface area contributed by atoms with Crippen LogP contribution in [0.1, 0.15) is 32.0 Å². The third kappa shape index (κ3) is 3.13. The number of rotatable bonds is 3. The third-order valence-corrected chi connectivity index (χ3v) is 3.42. The van der Waals surface area contributed by atoms with Crippen molar-refractivity contribution in [2.45, 2.75) is 26.2 Å². The van der Waals surface area contributed by atoms with Gasteiger partial charge in [0.2, 0.25) is 0 Å². The van der Waals surface area contributed by atoms with Crippen molar-refractivity contribution in [3.8, 4) is 0 Å². The first-order chi connectivity index (χ1) is 11.8. The Balaban J connectivity index is 2.14. The highest BCUT2D eigenvalue weighted by Crippen LogP contribution is 2.16. The molecule has 0 saturated heterocycles. The lowest BCUT2D eigenvalue weighted by Gasteiger charge is -2.16. The maximum Gasteiger partial charge on any atom is 0.298 e. The summed E-state index contributed by atoms with van der Waals surface area (Å²) < 4.78 is 2.45. The molecule has 2 aromatic heterocycles. The Labute approximate surface area is 141 Å². The van der Waals surface area contributed by atoms with Gasteiger partial charge >= 0.3 is 0 Å². The Kier molecular flexibility index (Phi) is 3.87. The molecule has 0 aliphatic rings. The van der Waals surface area contributed by atoms with Gasteiger partial charge in [-0.2, -0.15) is 19.4 Å². The highest BCUT2D eigenvalue weighted by Gasteiger charge is 2.23. The van der Waals surface area contributed by atoms with Gasteiger partial charge in [-0.1, -0.05) is 32.9 Å². The maximum absolute atomic E-state index is 12.7. The summed E-state index contributed by atoms with van der Waals surface area (Å²) in [5.41, 5.74) is -0.203. The zero-order valence-electron chi connectivity index (χ0n) is 13.8. The van der Waals surface area contributed by atoms with Gasteiger partial charge < -0.3 is 0 Å². The zero-order valence-corrected chi connectivity index (χ0v) is 13.8. The fourth-order valence-corrected chi connectivity index (χ4v) is 2.19. The highest BCUT2D eigenvalue weighted by molar-refractivity contribution is 5.80. The zero-order chi connectivity index (χ0) is 18.2. The van der Waals surface area contributed by atoms with Crippen LogP contribution in [0.5, 0.6) is 0 Å². The largest absolute Gasteiger partial charge is 0.298 e. The van der Waals surface area contributed by atoms with Crippen LogP contribution in [0.25, 0.3) is 5.78 Å². The smallest absolute Gasteiger partial charge is 0.265 e. The molecule has 0 fully saturated rings. The summed E-state index contributed by atoms with van der Waals surface area (Å²) >= 11 is 0. The number of benzene rings is 1. The van der Waals surface area contributed by atoms with E-state index in [9.17, 15) is 14.9 Å². The molecule has 0 N–H and O–H groups in total. The minimum Gasteiger partial charge on any atom is -0.265 e. The van der Waals surface area contributed by atoms with E-state index >= 15 is 0 Å². The van der Waals surface area contributed by atoms with E-state index in [1.165, 1.54) is 29.2 Å². The molecule has 0 bridgehead atoms. The second-order valence-electron chi connectivity index (χ2n) is 6.39. The van der Waals surface area contributed by atoms with E-state index in [0.29, 0.717) is 11.3 Å². The average molecular weight is 341 g/mol. The van der Waals surface area contributed by atoms with Crippen LogP contribution in [0.3, 0.4) is 0 Å². The first-order valence-electron chi connectivity index (χ1n) is 7.40. The van der Waals surface area contributed by atoms with Gasteiger partial charge in [-0.3, -0.25) is 14.9 Å². The number of fused-ring (bicyclic) bond motifs is 1. The first-order valence-corrected chi connectivity index (χ1v) is 7.40. The van der Waals surface area contributed by atoms with Crippen LogP contribution in [0, 0.1) is 10.1 Å². The average Bonchev–Trinajstić information content (AvgIpc) is 3.01. The Bertz CT molecular complexity index is 1040. The van der Waals surface area contributed by atoms with Gasteiger partial charge in [0.05, 0.1) is 11.1 Å². The van der Waals surface area contributed by atoms with E-state index in [-0.39, 0.29) is 11.5 Å². The van der Waals surface area contributed by atoms with Crippen LogP contribution in [0.4, 0.5) is 5.69 Å². The molecule has 3 rings (SSSR count). The molecule has 0 amide bonds. The van der Waals surface area contributed by atoms with Crippen LogP contribution >= 0.6 is 0 Å². The number of non-ortho nitro benzene ring substituents is 1. The Morgan fingerprint density at radius 1 is 1.32 bits per heavy atom. The molecule has 128 valence electrons. The Morgan fingerprint density at radius 3 is 2.76 bits per heavy atom. The van der Waals surface area contributed by atoms with Crippen molar-refractivity contribution in [2.75, 3.05) is 0 Å². The van der Waals surface area contributed by atoms with Gasteiger partial charge in [-0.25, -0.2) is 0 Å². The van der Waals surface area contributed by atoms with Gasteiger partial charge in [0.15, 0.2) is 0 Å². The molecule has 10 nitrogen and oxygen atoms in total. The van der Waals surface area contributed by atoms with E-state index in [1.54, 1.807) is 12.1 Å². The van der Waals surface area contributed by atoms with Crippen molar-refractivity contribution in [1.29, 1.82) is 0 Å². The number of nitrogens with zero attached hydrogens (tertiary/aromatic N) is 7. The third-order valence-electron chi connectivity index (χ3n) is 3.42. The van der Waals surface area contributed by atoms with Crippen molar-refractivity contribution in [3.63, 3.8) is 0 Å². The molecule has 0 radical (unpaired) electrons. The molecule has 2 heterocycles. The second kappa shape index (κ2) is 5.89. The van der Waals surface area contributed by atoms with Gasteiger partial charge in [0.1, 0.15) is 12.0 Å². The summed E-state index contributed by atoms with van der Waals surface area (Å²) in [5, 5.41) is 26.8. The number of hydrogen-bond acceptors (Lipinski definition) is 7. The van der Waals surface area contributed by atoms with Gasteiger partial charge in [0, 0.05) is 23.1 Å². The standard InChI is InChI=1S/C15H15N7O3/c1-15(2,3)12-13(23)21(14-18-16-9-20(14)19-12)17-8-10-5-4-6-11(7-10)22(24)25/h4-9H,1-3H3/b17-8-. The van der Waals surface area contributed by atoms with Crippen molar-refractivity contribution >= 4 is 17.7 Å². The van der Waals surface area contributed by atoms with Crippen LogP contribution in [0.2, 0.25) is 0 Å². The monoisotopic (exact) mass is 341 g/mol. The number of aromatic nitrogens is 5. The molecule has 0 atom stereocenters. The lowest BCUT2D eigenvalue weighted by Crippen LogP contribution is -2.33. The van der Waals surface area contributed by atoms with Gasteiger partial charge in [0.25, 0.3) is 17.0 Å². The fourth-order valence-electron chi connectivity index (χ4n) is 2.19. The Morgan fingerprint density at radius 2 is 2.08 bits per heavy atom. The number of nitro benzene ring substituents is 1. The topological polar surface area (TPSA) is 121 Å². The van der Waals surface area contributed by atoms with E-state index in [4.69, 9.17) is 0 Å². The highest BCUT2D eigenvalue weighted by atomic mass is 16.6. The lowest BCUT2D eigenvalue weighted by molar-refractivity contribution is -0.384. The molecule has 1 aromatic carbocycles. The molecule has 0 saturated carbocycles. The molecule has 3 aromatic rings. The number of hydrogen-bond donors (Lipinski definition) is 0. The summed E-state index contributed by atoms with van der Waals surface area (Å²) in [6.07, 6.45) is 2.74. The molecule has 0 aliphatic carbocycles. The first kappa shape index (κ1) is 16.4. The maximum atomic E-state index is 12.7. The number of nitro groups is 1. The fraction of sp³-hybridized carbons (Fsp3) is 0.267. The van der Waals surface area contributed by atoms with Gasteiger partial charge in [-0.15, -0.1) is 10.2 Å². The molecular formula is C15H15N7O3. The lowest BCUT2D eigenvalue weighted by atomic mass is 9.93. The van der Waals surface area contributed by atoms with Gasteiger partial charge in [-0.05, 0) is 0 Å². The van der Waals surface area contributed by atoms with Crippen molar-refractivity contribution in [1.82, 2.24) is 24.5 Å². The molecule has 0 spiro atoms. The minimum atomic E-state index is -0.502. The molecule has 25 heavy (non-hydrogen) atoms. The van der Waals surface area contributed by atoms with E-state index in [0.717, 1.165) is 4.68 Å². The second-order valence-corrected chi connectivity index (χ2v) is 6.39. The predicted molar refractivity (Wildman–Crippen MR) is 89.8 cm³/mol. The van der Waals surface area contributed by atoms with E-state index in [2.05, 4.69) is 20.4 Å². The summed E-state index contributed by atoms with van der Waals surface area (Å²) in [6, 6.07) is 5.93. The Hall–Kier alpha value is -3.43. The van der Waals surface area contributed by atoms with E-state index in [1.807, 2.05) is 20.8 Å². The van der Waals surface area contributed by atoms with Crippen molar-refractivity contribution < 1.29 is 4.92 Å². The molecule has 10 heteroatoms. The van der Waals surface area contributed by atoms with Crippen LogP contribution in [-0.4, -0.2) is 35.6 Å². The minimum absolute atomic E-state index is 0.0611.